The van der Waals surface area contributed by atoms with Crippen molar-refractivity contribution in [2.45, 2.75) is 6.18 Å². The molecule has 0 heterocycles. The van der Waals surface area contributed by atoms with Gasteiger partial charge in [0.25, 0.3) is 0 Å². The Kier molecular flexibility index (Phi) is 4.75. The first-order valence-corrected chi connectivity index (χ1v) is 6.51. The van der Waals surface area contributed by atoms with Crippen molar-refractivity contribution in [3.63, 3.8) is 0 Å². The lowest BCUT2D eigenvalue weighted by Crippen LogP contribution is -2.10. The van der Waals surface area contributed by atoms with Gasteiger partial charge in [-0.25, -0.2) is 0 Å². The Hall–Kier alpha value is -2.43. The van der Waals surface area contributed by atoms with E-state index in [0.29, 0.717) is 17.1 Å². The standard InChI is InChI=1S/C17H15F3O2/c1-21-14-7-3-12(4-8-14)11-16(17(18,19)20)13-5-9-15(22-2)10-6-13/h3-11H,1-2H3. The number of halogens is 3. The van der Waals surface area contributed by atoms with Gasteiger partial charge in [0, 0.05) is 0 Å². The second-order valence-electron chi connectivity index (χ2n) is 4.56. The molecule has 2 aromatic rings. The van der Waals surface area contributed by atoms with Crippen LogP contribution in [-0.4, -0.2) is 20.4 Å². The summed E-state index contributed by atoms with van der Waals surface area (Å²) in [6.45, 7) is 0. The molecule has 0 atom stereocenters. The number of hydrogen-bond donors (Lipinski definition) is 0. The Morgan fingerprint density at radius 3 is 1.68 bits per heavy atom. The maximum atomic E-state index is 13.3. The van der Waals surface area contributed by atoms with E-state index in [-0.39, 0.29) is 5.56 Å². The number of alkyl halides is 3. The Bertz CT molecular complexity index is 641. The van der Waals surface area contributed by atoms with E-state index in [4.69, 9.17) is 9.47 Å². The Balaban J connectivity index is 2.42. The molecule has 0 aliphatic rings. The average Bonchev–Trinajstić information content (AvgIpc) is 2.52. The first kappa shape index (κ1) is 15.9. The Labute approximate surface area is 126 Å². The van der Waals surface area contributed by atoms with Crippen LogP contribution in [0, 0.1) is 0 Å². The predicted molar refractivity (Wildman–Crippen MR) is 79.9 cm³/mol. The lowest BCUT2D eigenvalue weighted by atomic mass is 10.0. The van der Waals surface area contributed by atoms with E-state index in [2.05, 4.69) is 0 Å². The number of rotatable bonds is 4. The third-order valence-electron chi connectivity index (χ3n) is 3.13. The fourth-order valence-corrected chi connectivity index (χ4v) is 1.97. The van der Waals surface area contributed by atoms with E-state index < -0.39 is 11.7 Å². The summed E-state index contributed by atoms with van der Waals surface area (Å²) >= 11 is 0. The molecule has 0 saturated carbocycles. The molecular weight excluding hydrogens is 293 g/mol. The SMILES string of the molecule is COc1ccc(C=C(c2ccc(OC)cc2)C(F)(F)F)cc1. The second kappa shape index (κ2) is 6.56. The Morgan fingerprint density at radius 2 is 1.27 bits per heavy atom. The molecule has 2 nitrogen and oxygen atoms in total. The molecule has 0 aliphatic heterocycles. The van der Waals surface area contributed by atoms with Gasteiger partial charge in [-0.1, -0.05) is 24.3 Å². The van der Waals surface area contributed by atoms with Crippen molar-refractivity contribution < 1.29 is 22.6 Å². The lowest BCUT2D eigenvalue weighted by molar-refractivity contribution is -0.0683. The molecule has 0 radical (unpaired) electrons. The molecule has 22 heavy (non-hydrogen) atoms. The van der Waals surface area contributed by atoms with Crippen LogP contribution in [0.3, 0.4) is 0 Å². The van der Waals surface area contributed by atoms with Crippen LogP contribution in [0.5, 0.6) is 11.5 Å². The van der Waals surface area contributed by atoms with Crippen molar-refractivity contribution in [2.24, 2.45) is 0 Å². The van der Waals surface area contributed by atoms with E-state index in [0.717, 1.165) is 6.08 Å². The number of benzene rings is 2. The highest BCUT2D eigenvalue weighted by atomic mass is 19.4. The largest absolute Gasteiger partial charge is 0.497 e. The molecule has 116 valence electrons. The number of methoxy groups -OCH3 is 2. The molecular formula is C17H15F3O2. The number of hydrogen-bond acceptors (Lipinski definition) is 2. The fourth-order valence-electron chi connectivity index (χ4n) is 1.97. The summed E-state index contributed by atoms with van der Waals surface area (Å²) < 4.78 is 49.8. The first-order valence-electron chi connectivity index (χ1n) is 6.51. The molecule has 2 aromatic carbocycles. The van der Waals surface area contributed by atoms with Crippen LogP contribution in [0.25, 0.3) is 11.6 Å². The molecule has 2 rings (SSSR count). The van der Waals surface area contributed by atoms with E-state index in [1.807, 2.05) is 0 Å². The normalized spacial score (nSPS) is 12.1. The number of allylic oxidation sites excluding steroid dienone is 1. The van der Waals surface area contributed by atoms with Crippen LogP contribution in [-0.2, 0) is 0 Å². The minimum absolute atomic E-state index is 0.0871. The van der Waals surface area contributed by atoms with E-state index in [9.17, 15) is 13.2 Å². The van der Waals surface area contributed by atoms with Gasteiger partial charge in [-0.3, -0.25) is 0 Å². The van der Waals surface area contributed by atoms with Gasteiger partial charge in [0.05, 0.1) is 19.8 Å². The molecule has 0 N–H and O–H groups in total. The third kappa shape index (κ3) is 3.81. The molecule has 0 bridgehead atoms. The minimum Gasteiger partial charge on any atom is -0.497 e. The molecule has 0 spiro atoms. The molecule has 0 aliphatic carbocycles. The second-order valence-corrected chi connectivity index (χ2v) is 4.56. The highest BCUT2D eigenvalue weighted by Gasteiger charge is 2.34. The molecule has 5 heteroatoms. The van der Waals surface area contributed by atoms with Crippen LogP contribution >= 0.6 is 0 Å². The summed E-state index contributed by atoms with van der Waals surface area (Å²) in [5.74, 6) is 1.10. The van der Waals surface area contributed by atoms with Crippen molar-refractivity contribution in [3.8, 4) is 11.5 Å². The van der Waals surface area contributed by atoms with Gasteiger partial charge in [0.2, 0.25) is 0 Å². The van der Waals surface area contributed by atoms with Crippen LogP contribution in [0.1, 0.15) is 11.1 Å². The summed E-state index contributed by atoms with van der Waals surface area (Å²) in [5.41, 5.74) is -0.173. The van der Waals surface area contributed by atoms with Crippen LogP contribution in [0.15, 0.2) is 48.5 Å². The van der Waals surface area contributed by atoms with Crippen LogP contribution in [0.4, 0.5) is 13.2 Å². The monoisotopic (exact) mass is 308 g/mol. The molecule has 0 amide bonds. The maximum Gasteiger partial charge on any atom is 0.417 e. The van der Waals surface area contributed by atoms with Gasteiger partial charge >= 0.3 is 6.18 Å². The predicted octanol–water partition coefficient (Wildman–Crippen LogP) is 4.81. The zero-order valence-electron chi connectivity index (χ0n) is 12.1. The van der Waals surface area contributed by atoms with Gasteiger partial charge < -0.3 is 9.47 Å². The molecule has 0 fully saturated rings. The van der Waals surface area contributed by atoms with Crippen molar-refractivity contribution in [2.75, 3.05) is 14.2 Å². The zero-order chi connectivity index (χ0) is 16.2. The van der Waals surface area contributed by atoms with Crippen molar-refractivity contribution in [1.82, 2.24) is 0 Å². The molecule has 0 saturated heterocycles. The van der Waals surface area contributed by atoms with Crippen molar-refractivity contribution in [3.05, 3.63) is 59.7 Å². The lowest BCUT2D eigenvalue weighted by Gasteiger charge is -2.13. The maximum absolute atomic E-state index is 13.3. The zero-order valence-corrected chi connectivity index (χ0v) is 12.1. The summed E-state index contributed by atoms with van der Waals surface area (Å²) in [4.78, 5) is 0. The highest BCUT2D eigenvalue weighted by molar-refractivity contribution is 5.84. The topological polar surface area (TPSA) is 18.5 Å². The summed E-state index contributed by atoms with van der Waals surface area (Å²) in [7, 11) is 2.97. The highest BCUT2D eigenvalue weighted by Crippen LogP contribution is 2.36. The minimum atomic E-state index is -4.45. The summed E-state index contributed by atoms with van der Waals surface area (Å²) in [6, 6.07) is 12.2. The van der Waals surface area contributed by atoms with Gasteiger partial charge in [-0.15, -0.1) is 0 Å². The summed E-state index contributed by atoms with van der Waals surface area (Å²) in [5, 5.41) is 0. The van der Waals surface area contributed by atoms with E-state index in [1.54, 1.807) is 24.3 Å². The van der Waals surface area contributed by atoms with Gasteiger partial charge in [-0.2, -0.15) is 13.2 Å². The third-order valence-corrected chi connectivity index (χ3v) is 3.13. The van der Waals surface area contributed by atoms with E-state index in [1.165, 1.54) is 38.5 Å². The quantitative estimate of drug-likeness (QED) is 0.755. The van der Waals surface area contributed by atoms with Gasteiger partial charge in [-0.05, 0) is 41.5 Å². The summed E-state index contributed by atoms with van der Waals surface area (Å²) in [6.07, 6.45) is -3.34. The van der Waals surface area contributed by atoms with E-state index >= 15 is 0 Å². The van der Waals surface area contributed by atoms with Gasteiger partial charge in [0.15, 0.2) is 0 Å². The molecule has 0 aromatic heterocycles. The van der Waals surface area contributed by atoms with Crippen molar-refractivity contribution >= 4 is 11.6 Å². The van der Waals surface area contributed by atoms with Crippen LogP contribution < -0.4 is 9.47 Å². The molecule has 0 unspecified atom stereocenters. The number of ether oxygens (including phenoxy) is 2. The van der Waals surface area contributed by atoms with Crippen molar-refractivity contribution in [1.29, 1.82) is 0 Å². The Morgan fingerprint density at radius 1 is 0.818 bits per heavy atom. The average molecular weight is 308 g/mol. The fraction of sp³-hybridized carbons (Fsp3) is 0.176. The smallest absolute Gasteiger partial charge is 0.417 e. The first-order chi connectivity index (χ1) is 10.4. The van der Waals surface area contributed by atoms with Crippen LogP contribution in [0.2, 0.25) is 0 Å². The van der Waals surface area contributed by atoms with Gasteiger partial charge in [0.1, 0.15) is 11.5 Å².